The zero-order chi connectivity index (χ0) is 11.7. The van der Waals surface area contributed by atoms with E-state index in [1.807, 2.05) is 24.8 Å². The number of thiol groups is 1. The van der Waals surface area contributed by atoms with Gasteiger partial charge in [-0.15, -0.1) is 12.6 Å². The maximum Gasteiger partial charge on any atom is 0.225 e. The van der Waals surface area contributed by atoms with Gasteiger partial charge >= 0.3 is 0 Å². The molecule has 1 aliphatic rings. The molecule has 0 atom stereocenters. The lowest BCUT2D eigenvalue weighted by molar-refractivity contribution is -0.135. The summed E-state index contributed by atoms with van der Waals surface area (Å²) < 4.78 is 0. The van der Waals surface area contributed by atoms with Crippen molar-refractivity contribution >= 4 is 18.5 Å². The molecule has 0 bridgehead atoms. The van der Waals surface area contributed by atoms with Crippen LogP contribution in [-0.2, 0) is 17.8 Å². The van der Waals surface area contributed by atoms with Crippen molar-refractivity contribution in [3.63, 3.8) is 0 Å². The summed E-state index contributed by atoms with van der Waals surface area (Å²) in [4.78, 5) is 14.8. The topological polar surface area (TPSA) is 20.3 Å². The molecule has 0 radical (unpaired) electrons. The number of fused-ring (bicyclic) bond motifs is 1. The van der Waals surface area contributed by atoms with Gasteiger partial charge in [0.15, 0.2) is 0 Å². The van der Waals surface area contributed by atoms with Crippen LogP contribution in [0.25, 0.3) is 0 Å². The van der Waals surface area contributed by atoms with E-state index in [0.717, 1.165) is 24.4 Å². The molecule has 1 aromatic carbocycles. The molecule has 2 rings (SSSR count). The van der Waals surface area contributed by atoms with Gasteiger partial charge in [-0.25, -0.2) is 0 Å². The van der Waals surface area contributed by atoms with Crippen LogP contribution in [0.15, 0.2) is 23.1 Å². The lowest BCUT2D eigenvalue weighted by atomic mass is 9.99. The summed E-state index contributed by atoms with van der Waals surface area (Å²) in [5, 5.41) is 0. The van der Waals surface area contributed by atoms with E-state index in [0.29, 0.717) is 0 Å². The van der Waals surface area contributed by atoms with Crippen LogP contribution in [0.1, 0.15) is 25.0 Å². The minimum Gasteiger partial charge on any atom is -0.338 e. The average molecular weight is 235 g/mol. The Hall–Kier alpha value is -0.960. The Bertz CT molecular complexity index is 414. The van der Waals surface area contributed by atoms with Crippen LogP contribution in [0.4, 0.5) is 0 Å². The highest BCUT2D eigenvalue weighted by Crippen LogP contribution is 2.22. The first-order valence-corrected chi connectivity index (χ1v) is 6.12. The third-order valence-electron chi connectivity index (χ3n) is 3.01. The number of carbonyl (C=O) groups excluding carboxylic acids is 1. The third kappa shape index (κ3) is 2.24. The van der Waals surface area contributed by atoms with Crippen LogP contribution in [0.2, 0.25) is 0 Å². The van der Waals surface area contributed by atoms with Crippen molar-refractivity contribution in [3.8, 4) is 0 Å². The van der Waals surface area contributed by atoms with Crippen molar-refractivity contribution in [2.45, 2.75) is 31.7 Å². The first-order chi connectivity index (χ1) is 7.58. The molecular formula is C13H17NOS. The predicted octanol–water partition coefficient (Wildman–Crippen LogP) is 2.52. The van der Waals surface area contributed by atoms with Crippen LogP contribution in [0, 0.1) is 5.92 Å². The second-order valence-corrected chi connectivity index (χ2v) is 5.13. The smallest absolute Gasteiger partial charge is 0.225 e. The highest BCUT2D eigenvalue weighted by atomic mass is 32.1. The molecule has 16 heavy (non-hydrogen) atoms. The number of benzene rings is 1. The minimum atomic E-state index is 0.0886. The Balaban J connectivity index is 2.18. The fourth-order valence-electron chi connectivity index (χ4n) is 2.09. The van der Waals surface area contributed by atoms with E-state index in [1.165, 1.54) is 11.1 Å². The summed E-state index contributed by atoms with van der Waals surface area (Å²) in [6.45, 7) is 5.49. The van der Waals surface area contributed by atoms with Gasteiger partial charge in [0.25, 0.3) is 0 Å². The third-order valence-corrected chi connectivity index (χ3v) is 3.29. The standard InChI is InChI=1S/C13H17NOS/c1-9(2)13(15)14-6-5-10-7-12(16)4-3-11(10)8-14/h3-4,7,9,16H,5-6,8H2,1-2H3. The molecule has 0 saturated carbocycles. The molecule has 1 aliphatic heterocycles. The summed E-state index contributed by atoms with van der Waals surface area (Å²) in [6, 6.07) is 6.18. The van der Waals surface area contributed by atoms with E-state index in [-0.39, 0.29) is 11.8 Å². The average Bonchev–Trinajstić information content (AvgIpc) is 2.27. The van der Waals surface area contributed by atoms with Crippen molar-refractivity contribution in [2.24, 2.45) is 5.92 Å². The Morgan fingerprint density at radius 2 is 2.12 bits per heavy atom. The Kier molecular flexibility index (Phi) is 3.24. The normalized spacial score (nSPS) is 15.1. The Labute approximate surface area is 102 Å². The van der Waals surface area contributed by atoms with Gasteiger partial charge in [-0.2, -0.15) is 0 Å². The first-order valence-electron chi connectivity index (χ1n) is 5.67. The quantitative estimate of drug-likeness (QED) is 0.742. The van der Waals surface area contributed by atoms with Gasteiger partial charge in [-0.1, -0.05) is 19.9 Å². The lowest BCUT2D eigenvalue weighted by Crippen LogP contribution is -2.38. The zero-order valence-corrected chi connectivity index (χ0v) is 10.6. The number of carbonyl (C=O) groups is 1. The fraction of sp³-hybridized carbons (Fsp3) is 0.462. The number of amides is 1. The number of rotatable bonds is 1. The van der Waals surface area contributed by atoms with Gasteiger partial charge in [-0.3, -0.25) is 4.79 Å². The first kappa shape index (κ1) is 11.5. The van der Waals surface area contributed by atoms with Crippen LogP contribution in [0.5, 0.6) is 0 Å². The van der Waals surface area contributed by atoms with Gasteiger partial charge < -0.3 is 4.90 Å². The Morgan fingerprint density at radius 3 is 2.81 bits per heavy atom. The SMILES string of the molecule is CC(C)C(=O)N1CCc2cc(S)ccc2C1. The molecular weight excluding hydrogens is 218 g/mol. The van der Waals surface area contributed by atoms with Gasteiger partial charge in [0, 0.05) is 23.9 Å². The van der Waals surface area contributed by atoms with E-state index in [2.05, 4.69) is 24.8 Å². The highest BCUT2D eigenvalue weighted by Gasteiger charge is 2.22. The van der Waals surface area contributed by atoms with Crippen molar-refractivity contribution in [2.75, 3.05) is 6.54 Å². The molecule has 1 heterocycles. The van der Waals surface area contributed by atoms with Crippen molar-refractivity contribution in [3.05, 3.63) is 29.3 Å². The molecule has 86 valence electrons. The van der Waals surface area contributed by atoms with E-state index in [1.54, 1.807) is 0 Å². The lowest BCUT2D eigenvalue weighted by Gasteiger charge is -2.30. The van der Waals surface area contributed by atoms with E-state index >= 15 is 0 Å². The maximum atomic E-state index is 11.9. The molecule has 3 heteroatoms. The number of hydrogen-bond donors (Lipinski definition) is 1. The second-order valence-electron chi connectivity index (χ2n) is 4.62. The van der Waals surface area contributed by atoms with Crippen molar-refractivity contribution in [1.29, 1.82) is 0 Å². The zero-order valence-electron chi connectivity index (χ0n) is 9.73. The molecule has 0 unspecified atom stereocenters. The molecule has 0 N–H and O–H groups in total. The molecule has 1 amide bonds. The largest absolute Gasteiger partial charge is 0.338 e. The fourth-order valence-corrected chi connectivity index (χ4v) is 2.32. The van der Waals surface area contributed by atoms with Crippen LogP contribution in [-0.4, -0.2) is 17.4 Å². The van der Waals surface area contributed by atoms with Crippen molar-refractivity contribution < 1.29 is 4.79 Å². The molecule has 0 aliphatic carbocycles. The van der Waals surface area contributed by atoms with E-state index < -0.39 is 0 Å². The predicted molar refractivity (Wildman–Crippen MR) is 67.7 cm³/mol. The van der Waals surface area contributed by atoms with Crippen LogP contribution in [0.3, 0.4) is 0 Å². The highest BCUT2D eigenvalue weighted by molar-refractivity contribution is 7.80. The molecule has 0 spiro atoms. The van der Waals surface area contributed by atoms with E-state index in [4.69, 9.17) is 0 Å². The van der Waals surface area contributed by atoms with Crippen LogP contribution < -0.4 is 0 Å². The summed E-state index contributed by atoms with van der Waals surface area (Å²) in [5.74, 6) is 0.339. The molecule has 0 aromatic heterocycles. The molecule has 2 nitrogen and oxygen atoms in total. The monoisotopic (exact) mass is 235 g/mol. The molecule has 1 aromatic rings. The summed E-state index contributed by atoms with van der Waals surface area (Å²) >= 11 is 4.33. The maximum absolute atomic E-state index is 11.9. The minimum absolute atomic E-state index is 0.0886. The van der Waals surface area contributed by atoms with Gasteiger partial charge in [0.05, 0.1) is 0 Å². The molecule has 0 saturated heterocycles. The van der Waals surface area contributed by atoms with Gasteiger partial charge in [0.2, 0.25) is 5.91 Å². The van der Waals surface area contributed by atoms with Crippen molar-refractivity contribution in [1.82, 2.24) is 4.90 Å². The van der Waals surface area contributed by atoms with E-state index in [9.17, 15) is 4.79 Å². The van der Waals surface area contributed by atoms with Crippen LogP contribution >= 0.6 is 12.6 Å². The molecule has 0 fully saturated rings. The van der Waals surface area contributed by atoms with Gasteiger partial charge in [-0.05, 0) is 29.7 Å². The van der Waals surface area contributed by atoms with Gasteiger partial charge in [0.1, 0.15) is 0 Å². The summed E-state index contributed by atoms with van der Waals surface area (Å²) in [7, 11) is 0. The summed E-state index contributed by atoms with van der Waals surface area (Å²) in [6.07, 6.45) is 0.947. The second kappa shape index (κ2) is 4.50. The number of nitrogens with zero attached hydrogens (tertiary/aromatic N) is 1. The summed E-state index contributed by atoms with van der Waals surface area (Å²) in [5.41, 5.74) is 2.60. The Morgan fingerprint density at radius 1 is 1.38 bits per heavy atom. The number of hydrogen-bond acceptors (Lipinski definition) is 2.